The lowest BCUT2D eigenvalue weighted by atomic mass is 9.88. The molecular weight excluding hydrogens is 332 g/mol. The van der Waals surface area contributed by atoms with Gasteiger partial charge in [0.2, 0.25) is 5.91 Å². The maximum absolute atomic E-state index is 12.2. The SMILES string of the molecule is [C-]#[N+]c1nn2c(c1Br)N(C(C)=O)C(C)(C)c1ccccc1-2. The lowest BCUT2D eigenvalue weighted by Crippen LogP contribution is -2.49. The van der Waals surface area contributed by atoms with Gasteiger partial charge >= 0.3 is 5.82 Å². The van der Waals surface area contributed by atoms with E-state index in [0.29, 0.717) is 10.3 Å². The van der Waals surface area contributed by atoms with Gasteiger partial charge < -0.3 is 4.85 Å². The van der Waals surface area contributed by atoms with E-state index in [0.717, 1.165) is 11.3 Å². The number of para-hydroxylation sites is 1. The van der Waals surface area contributed by atoms with Crippen LogP contribution in [0.5, 0.6) is 0 Å². The first-order chi connectivity index (χ1) is 9.89. The van der Waals surface area contributed by atoms with Crippen LogP contribution in [0.4, 0.5) is 11.6 Å². The minimum Gasteiger partial charge on any atom is -0.358 e. The third kappa shape index (κ3) is 1.74. The van der Waals surface area contributed by atoms with E-state index < -0.39 is 5.54 Å². The number of rotatable bonds is 0. The quantitative estimate of drug-likeness (QED) is 0.682. The van der Waals surface area contributed by atoms with Crippen molar-refractivity contribution >= 4 is 33.5 Å². The maximum Gasteiger partial charge on any atom is 0.312 e. The third-order valence-electron chi connectivity index (χ3n) is 3.77. The first-order valence-corrected chi connectivity index (χ1v) is 7.25. The molecule has 0 bridgehead atoms. The predicted octanol–water partition coefficient (Wildman–Crippen LogP) is 3.79. The molecule has 1 aromatic heterocycles. The number of nitrogens with zero attached hydrogens (tertiary/aromatic N) is 4. The van der Waals surface area contributed by atoms with Crippen LogP contribution in [0.3, 0.4) is 0 Å². The smallest absolute Gasteiger partial charge is 0.312 e. The number of hydrogen-bond acceptors (Lipinski definition) is 2. The van der Waals surface area contributed by atoms with Gasteiger partial charge in [0.05, 0.1) is 15.7 Å². The highest BCUT2D eigenvalue weighted by molar-refractivity contribution is 9.10. The van der Waals surface area contributed by atoms with E-state index in [4.69, 9.17) is 6.57 Å². The van der Waals surface area contributed by atoms with Crippen LogP contribution in [0.25, 0.3) is 10.5 Å². The number of hydrogen-bond donors (Lipinski definition) is 0. The normalized spacial score (nSPS) is 15.1. The standard InChI is InChI=1S/C15H13BrN4O/c1-9(21)19-14-12(16)13(17-4)18-20(14)11-8-6-5-7-10(11)15(19,2)3/h5-8H,1-3H3. The summed E-state index contributed by atoms with van der Waals surface area (Å²) in [5.74, 6) is 0.772. The molecule has 1 amide bonds. The van der Waals surface area contributed by atoms with Crippen molar-refractivity contribution in [2.45, 2.75) is 26.3 Å². The summed E-state index contributed by atoms with van der Waals surface area (Å²) in [7, 11) is 0. The third-order valence-corrected chi connectivity index (χ3v) is 4.48. The lowest BCUT2D eigenvalue weighted by Gasteiger charge is -2.42. The Labute approximate surface area is 131 Å². The highest BCUT2D eigenvalue weighted by Gasteiger charge is 2.43. The molecule has 21 heavy (non-hydrogen) atoms. The fourth-order valence-corrected chi connectivity index (χ4v) is 3.43. The molecule has 0 unspecified atom stereocenters. The molecule has 0 radical (unpaired) electrons. The second kappa shape index (κ2) is 4.43. The van der Waals surface area contributed by atoms with Crippen LogP contribution in [0, 0.1) is 6.57 Å². The molecule has 2 aromatic rings. The van der Waals surface area contributed by atoms with Gasteiger partial charge in [0.1, 0.15) is 0 Å². The Bertz CT molecular complexity index is 800. The molecule has 0 aliphatic carbocycles. The van der Waals surface area contributed by atoms with Crippen molar-refractivity contribution in [2.24, 2.45) is 0 Å². The van der Waals surface area contributed by atoms with Crippen LogP contribution in [0.2, 0.25) is 0 Å². The molecule has 106 valence electrons. The number of amides is 1. The van der Waals surface area contributed by atoms with E-state index in [9.17, 15) is 4.79 Å². The first kappa shape index (κ1) is 13.8. The van der Waals surface area contributed by atoms with E-state index in [2.05, 4.69) is 25.9 Å². The number of anilines is 1. The lowest BCUT2D eigenvalue weighted by molar-refractivity contribution is -0.117. The number of aromatic nitrogens is 2. The second-order valence-electron chi connectivity index (χ2n) is 5.42. The van der Waals surface area contributed by atoms with E-state index in [1.165, 1.54) is 6.92 Å². The molecule has 5 nitrogen and oxygen atoms in total. The summed E-state index contributed by atoms with van der Waals surface area (Å²) in [5.41, 5.74) is 1.38. The van der Waals surface area contributed by atoms with Crippen LogP contribution < -0.4 is 4.90 Å². The molecule has 0 N–H and O–H groups in total. The molecule has 0 saturated heterocycles. The number of carbonyl (C=O) groups excluding carboxylic acids is 1. The molecule has 0 spiro atoms. The van der Waals surface area contributed by atoms with Crippen molar-refractivity contribution < 1.29 is 4.79 Å². The van der Waals surface area contributed by atoms with Crippen LogP contribution in [-0.2, 0) is 10.3 Å². The van der Waals surface area contributed by atoms with E-state index in [1.54, 1.807) is 9.58 Å². The van der Waals surface area contributed by atoms with Gasteiger partial charge in [-0.05, 0) is 25.0 Å². The Kier molecular flexibility index (Phi) is 2.92. The topological polar surface area (TPSA) is 42.5 Å². The largest absolute Gasteiger partial charge is 0.358 e. The fourth-order valence-electron chi connectivity index (χ4n) is 2.91. The zero-order chi connectivity index (χ0) is 15.4. The molecule has 2 heterocycles. The van der Waals surface area contributed by atoms with Gasteiger partial charge in [0, 0.05) is 12.5 Å². The summed E-state index contributed by atoms with van der Waals surface area (Å²) in [6.45, 7) is 12.7. The first-order valence-electron chi connectivity index (χ1n) is 6.46. The zero-order valence-corrected chi connectivity index (χ0v) is 13.5. The highest BCUT2D eigenvalue weighted by atomic mass is 79.9. The van der Waals surface area contributed by atoms with Crippen LogP contribution >= 0.6 is 15.9 Å². The molecule has 1 aromatic carbocycles. The monoisotopic (exact) mass is 344 g/mol. The molecule has 3 rings (SSSR count). The van der Waals surface area contributed by atoms with E-state index in [1.807, 2.05) is 38.1 Å². The van der Waals surface area contributed by atoms with Crippen LogP contribution in [0.15, 0.2) is 28.7 Å². The molecule has 1 aliphatic rings. The summed E-state index contributed by atoms with van der Waals surface area (Å²) < 4.78 is 2.22. The van der Waals surface area contributed by atoms with Gasteiger partial charge in [-0.2, -0.15) is 0 Å². The molecule has 0 fully saturated rings. The van der Waals surface area contributed by atoms with Gasteiger partial charge in [0.15, 0.2) is 5.82 Å². The van der Waals surface area contributed by atoms with Crippen molar-refractivity contribution in [3.8, 4) is 5.69 Å². The summed E-state index contributed by atoms with van der Waals surface area (Å²) in [5, 5.41) is 4.33. The number of benzene rings is 1. The van der Waals surface area contributed by atoms with Gasteiger partial charge in [-0.1, -0.05) is 40.7 Å². The predicted molar refractivity (Wildman–Crippen MR) is 83.7 cm³/mol. The average molecular weight is 345 g/mol. The van der Waals surface area contributed by atoms with E-state index in [-0.39, 0.29) is 11.7 Å². The Morgan fingerprint density at radius 3 is 2.67 bits per heavy atom. The van der Waals surface area contributed by atoms with Gasteiger partial charge in [0.25, 0.3) is 0 Å². The number of halogens is 1. The minimum atomic E-state index is -0.514. The summed E-state index contributed by atoms with van der Waals surface area (Å²) in [6, 6.07) is 7.81. The van der Waals surface area contributed by atoms with Crippen LogP contribution in [-0.4, -0.2) is 15.7 Å². The average Bonchev–Trinajstić information content (AvgIpc) is 2.76. The second-order valence-corrected chi connectivity index (χ2v) is 6.21. The van der Waals surface area contributed by atoms with E-state index >= 15 is 0 Å². The van der Waals surface area contributed by atoms with Crippen molar-refractivity contribution in [1.82, 2.24) is 9.78 Å². The molecular formula is C15H13BrN4O. The molecule has 1 aliphatic heterocycles. The maximum atomic E-state index is 12.2. The van der Waals surface area contributed by atoms with Gasteiger partial charge in [-0.15, -0.1) is 4.68 Å². The number of fused-ring (bicyclic) bond motifs is 3. The van der Waals surface area contributed by atoms with Crippen LogP contribution in [0.1, 0.15) is 26.3 Å². The Hall–Kier alpha value is -2.13. The van der Waals surface area contributed by atoms with Gasteiger partial charge in [-0.25, -0.2) is 0 Å². The number of carbonyl (C=O) groups is 1. The van der Waals surface area contributed by atoms with Crippen molar-refractivity contribution in [3.05, 3.63) is 45.7 Å². The van der Waals surface area contributed by atoms with Gasteiger partial charge in [-0.3, -0.25) is 9.69 Å². The molecule has 0 atom stereocenters. The van der Waals surface area contributed by atoms with Crippen molar-refractivity contribution in [1.29, 1.82) is 0 Å². The zero-order valence-electron chi connectivity index (χ0n) is 11.9. The highest BCUT2D eigenvalue weighted by Crippen LogP contribution is 2.47. The Morgan fingerprint density at radius 1 is 1.38 bits per heavy atom. The summed E-state index contributed by atoms with van der Waals surface area (Å²) in [4.78, 5) is 17.3. The summed E-state index contributed by atoms with van der Waals surface area (Å²) >= 11 is 3.42. The summed E-state index contributed by atoms with van der Waals surface area (Å²) in [6.07, 6.45) is 0. The molecule has 6 heteroatoms. The fraction of sp³-hybridized carbons (Fsp3) is 0.267. The Morgan fingerprint density at radius 2 is 2.05 bits per heavy atom. The van der Waals surface area contributed by atoms with Crippen molar-refractivity contribution in [2.75, 3.05) is 4.90 Å². The Balaban J connectivity index is 2.44. The minimum absolute atomic E-state index is 0.0899. The molecule has 0 saturated carbocycles. The van der Waals surface area contributed by atoms with Crippen molar-refractivity contribution in [3.63, 3.8) is 0 Å².